The zero-order chi connectivity index (χ0) is 16.1. The van der Waals surface area contributed by atoms with Crippen LogP contribution in [0.1, 0.15) is 20.3 Å². The van der Waals surface area contributed by atoms with Crippen LogP contribution in [0.5, 0.6) is 0 Å². The van der Waals surface area contributed by atoms with E-state index in [9.17, 15) is 4.79 Å². The van der Waals surface area contributed by atoms with E-state index in [1.165, 1.54) is 4.90 Å². The fraction of sp³-hybridized carbons (Fsp3) is 0.733. The minimum absolute atomic E-state index is 0. The number of amides is 1. The summed E-state index contributed by atoms with van der Waals surface area (Å²) in [5.41, 5.74) is 0. The van der Waals surface area contributed by atoms with E-state index in [1.54, 1.807) is 20.2 Å². The van der Waals surface area contributed by atoms with Crippen molar-refractivity contribution >= 4 is 35.8 Å². The lowest BCUT2D eigenvalue weighted by Gasteiger charge is -2.13. The van der Waals surface area contributed by atoms with Gasteiger partial charge < -0.3 is 20.3 Å². The summed E-state index contributed by atoms with van der Waals surface area (Å²) in [6.07, 6.45) is 2.80. The predicted molar refractivity (Wildman–Crippen MR) is 103 cm³/mol. The van der Waals surface area contributed by atoms with Crippen molar-refractivity contribution in [3.63, 3.8) is 0 Å². The lowest BCUT2D eigenvalue weighted by Crippen LogP contribution is -2.40. The predicted octanol–water partition coefficient (Wildman–Crippen LogP) is 1.48. The van der Waals surface area contributed by atoms with E-state index < -0.39 is 0 Å². The van der Waals surface area contributed by atoms with Crippen molar-refractivity contribution in [2.75, 3.05) is 46.9 Å². The molecule has 2 N–H and O–H groups in total. The van der Waals surface area contributed by atoms with Crippen LogP contribution < -0.4 is 10.6 Å². The number of likely N-dealkylation sites (N-methyl/N-ethyl adjacent to an activating group) is 1. The average Bonchev–Trinajstić information content (AvgIpc) is 2.43. The number of nitrogens with zero attached hydrogens (tertiary/aromatic N) is 2. The lowest BCUT2D eigenvalue weighted by atomic mass is 10.1. The molecule has 0 bridgehead atoms. The Morgan fingerprint density at radius 1 is 1.32 bits per heavy atom. The summed E-state index contributed by atoms with van der Waals surface area (Å²) in [6, 6.07) is 0. The number of carbonyl (C=O) groups is 1. The molecule has 0 fully saturated rings. The van der Waals surface area contributed by atoms with Gasteiger partial charge in [-0.2, -0.15) is 0 Å². The molecular formula is C15H31IN4O2. The third-order valence-corrected chi connectivity index (χ3v) is 2.66. The maximum Gasteiger partial charge on any atom is 0.243 e. The molecule has 0 aromatic carbocycles. The van der Waals surface area contributed by atoms with Gasteiger partial charge >= 0.3 is 0 Å². The van der Waals surface area contributed by atoms with Crippen LogP contribution in [0.3, 0.4) is 0 Å². The highest BCUT2D eigenvalue weighted by Gasteiger charge is 2.03. The second-order valence-electron chi connectivity index (χ2n) is 5.34. The fourth-order valence-corrected chi connectivity index (χ4v) is 1.29. The number of carbonyl (C=O) groups excluding carboxylic acids is 1. The Kier molecular flexibility index (Phi) is 16.1. The van der Waals surface area contributed by atoms with Crippen LogP contribution in [-0.2, 0) is 9.53 Å². The summed E-state index contributed by atoms with van der Waals surface area (Å²) in [6.45, 7) is 10.7. The quantitative estimate of drug-likeness (QED) is 0.183. The summed E-state index contributed by atoms with van der Waals surface area (Å²) in [4.78, 5) is 17.3. The van der Waals surface area contributed by atoms with Crippen molar-refractivity contribution in [3.05, 3.63) is 12.7 Å². The summed E-state index contributed by atoms with van der Waals surface area (Å²) in [5.74, 6) is 1.21. The number of hydrogen-bond acceptors (Lipinski definition) is 3. The second kappa shape index (κ2) is 15.1. The third-order valence-electron chi connectivity index (χ3n) is 2.66. The number of hydrogen-bond donors (Lipinski definition) is 2. The van der Waals surface area contributed by atoms with Crippen molar-refractivity contribution in [3.8, 4) is 0 Å². The molecule has 0 aliphatic heterocycles. The SMILES string of the molecule is C=CCNC(=NCC(=O)N(C)C)NCCOCCC(C)C.I. The van der Waals surface area contributed by atoms with Gasteiger partial charge in [0.2, 0.25) is 5.91 Å². The molecule has 0 rings (SSSR count). The number of rotatable bonds is 10. The van der Waals surface area contributed by atoms with Gasteiger partial charge in [-0.15, -0.1) is 30.6 Å². The van der Waals surface area contributed by atoms with Crippen LogP contribution in [0.2, 0.25) is 0 Å². The van der Waals surface area contributed by atoms with Crippen molar-refractivity contribution in [2.24, 2.45) is 10.9 Å². The molecule has 0 aliphatic rings. The number of ether oxygens (including phenoxy) is 1. The Hall–Kier alpha value is -0.830. The molecule has 0 aromatic rings. The van der Waals surface area contributed by atoms with Gasteiger partial charge in [0.15, 0.2) is 5.96 Å². The largest absolute Gasteiger partial charge is 0.380 e. The van der Waals surface area contributed by atoms with Gasteiger partial charge in [-0.25, -0.2) is 4.99 Å². The smallest absolute Gasteiger partial charge is 0.243 e. The molecule has 0 saturated carbocycles. The first-order valence-electron chi connectivity index (χ1n) is 7.38. The van der Waals surface area contributed by atoms with Gasteiger partial charge in [0.25, 0.3) is 0 Å². The number of halogens is 1. The van der Waals surface area contributed by atoms with E-state index in [0.29, 0.717) is 31.6 Å². The first-order valence-corrected chi connectivity index (χ1v) is 7.38. The normalized spacial score (nSPS) is 10.9. The van der Waals surface area contributed by atoms with Crippen LogP contribution >= 0.6 is 24.0 Å². The van der Waals surface area contributed by atoms with Crippen LogP contribution in [-0.4, -0.2) is 63.7 Å². The monoisotopic (exact) mass is 426 g/mol. The average molecular weight is 426 g/mol. The van der Waals surface area contributed by atoms with Crippen molar-refractivity contribution < 1.29 is 9.53 Å². The Bertz CT molecular complexity index is 334. The summed E-state index contributed by atoms with van der Waals surface area (Å²) < 4.78 is 5.52. The van der Waals surface area contributed by atoms with Crippen LogP contribution in [0.25, 0.3) is 0 Å². The van der Waals surface area contributed by atoms with Gasteiger partial charge in [0, 0.05) is 33.8 Å². The minimum atomic E-state index is -0.0390. The molecule has 0 saturated heterocycles. The standard InChI is InChI=1S/C15H30N4O2.HI/c1-6-8-16-15(18-12-14(20)19(4)5)17-9-11-21-10-7-13(2)3;/h6,13H,1,7-12H2,2-5H3,(H2,16,17,18);1H. The first-order chi connectivity index (χ1) is 9.97. The molecule has 0 unspecified atom stereocenters. The highest BCUT2D eigenvalue weighted by molar-refractivity contribution is 14.0. The molecule has 6 nitrogen and oxygen atoms in total. The van der Waals surface area contributed by atoms with Gasteiger partial charge in [0.05, 0.1) is 6.61 Å². The molecule has 7 heteroatoms. The molecule has 0 heterocycles. The van der Waals surface area contributed by atoms with E-state index in [-0.39, 0.29) is 36.4 Å². The Labute approximate surface area is 151 Å². The minimum Gasteiger partial charge on any atom is -0.380 e. The van der Waals surface area contributed by atoms with E-state index in [0.717, 1.165) is 13.0 Å². The van der Waals surface area contributed by atoms with Gasteiger partial charge in [-0.1, -0.05) is 19.9 Å². The summed E-state index contributed by atoms with van der Waals surface area (Å²) in [7, 11) is 3.43. The van der Waals surface area contributed by atoms with Crippen molar-refractivity contribution in [1.29, 1.82) is 0 Å². The Morgan fingerprint density at radius 3 is 2.55 bits per heavy atom. The zero-order valence-electron chi connectivity index (χ0n) is 14.2. The molecule has 130 valence electrons. The molecular weight excluding hydrogens is 395 g/mol. The van der Waals surface area contributed by atoms with Crippen LogP contribution in [0, 0.1) is 5.92 Å². The van der Waals surface area contributed by atoms with Gasteiger partial charge in [-0.3, -0.25) is 4.79 Å². The molecule has 22 heavy (non-hydrogen) atoms. The first kappa shape index (κ1) is 23.4. The molecule has 0 spiro atoms. The van der Waals surface area contributed by atoms with Crippen molar-refractivity contribution in [1.82, 2.24) is 15.5 Å². The molecule has 0 radical (unpaired) electrons. The Morgan fingerprint density at radius 2 is 2.00 bits per heavy atom. The van der Waals surface area contributed by atoms with Gasteiger partial charge in [-0.05, 0) is 12.3 Å². The lowest BCUT2D eigenvalue weighted by molar-refractivity contribution is -0.127. The molecule has 0 atom stereocenters. The maximum absolute atomic E-state index is 11.5. The van der Waals surface area contributed by atoms with E-state index in [4.69, 9.17) is 4.74 Å². The highest BCUT2D eigenvalue weighted by Crippen LogP contribution is 1.98. The third kappa shape index (κ3) is 14.1. The number of aliphatic imine (C=N–C) groups is 1. The van der Waals surface area contributed by atoms with Gasteiger partial charge in [0.1, 0.15) is 6.54 Å². The number of guanidine groups is 1. The second-order valence-corrected chi connectivity index (χ2v) is 5.34. The molecule has 0 aromatic heterocycles. The number of nitrogens with one attached hydrogen (secondary N) is 2. The molecule has 1 amide bonds. The Balaban J connectivity index is 0. The topological polar surface area (TPSA) is 66.0 Å². The van der Waals surface area contributed by atoms with Crippen LogP contribution in [0.15, 0.2) is 17.6 Å². The molecule has 0 aliphatic carbocycles. The van der Waals surface area contributed by atoms with Crippen LogP contribution in [0.4, 0.5) is 0 Å². The zero-order valence-corrected chi connectivity index (χ0v) is 16.6. The van der Waals surface area contributed by atoms with E-state index >= 15 is 0 Å². The highest BCUT2D eigenvalue weighted by atomic mass is 127. The van der Waals surface area contributed by atoms with E-state index in [2.05, 4.69) is 36.1 Å². The van der Waals surface area contributed by atoms with Crippen molar-refractivity contribution in [2.45, 2.75) is 20.3 Å². The summed E-state index contributed by atoms with van der Waals surface area (Å²) >= 11 is 0. The maximum atomic E-state index is 11.5. The van der Waals surface area contributed by atoms with E-state index in [1.807, 2.05) is 0 Å². The summed E-state index contributed by atoms with van der Waals surface area (Å²) in [5, 5.41) is 6.20. The fourth-order valence-electron chi connectivity index (χ4n) is 1.29.